The van der Waals surface area contributed by atoms with Gasteiger partial charge in [-0.15, -0.1) is 0 Å². The highest BCUT2D eigenvalue weighted by Crippen LogP contribution is 2.31. The Bertz CT molecular complexity index is 1460. The molecule has 0 bridgehead atoms. The summed E-state index contributed by atoms with van der Waals surface area (Å²) >= 11 is 0. The molecule has 7 heteroatoms. The number of hydrogen-bond donors (Lipinski definition) is 1. The number of carbonyl (C=O) groups excluding carboxylic acids is 1. The summed E-state index contributed by atoms with van der Waals surface area (Å²) in [5, 5.41) is 4.07. The van der Waals surface area contributed by atoms with Gasteiger partial charge in [-0.2, -0.15) is 0 Å². The fraction of sp³-hybridized carbons (Fsp3) is 0.417. The first-order valence-corrected chi connectivity index (χ1v) is 15.7. The van der Waals surface area contributed by atoms with Crippen LogP contribution in [0.4, 0.5) is 0 Å². The molecule has 0 radical (unpaired) electrons. The number of fused-ring (bicyclic) bond motifs is 1. The molecule has 1 saturated heterocycles. The molecule has 1 amide bonds. The highest BCUT2D eigenvalue weighted by atomic mass is 16.5. The van der Waals surface area contributed by atoms with E-state index in [1.54, 1.807) is 0 Å². The molecule has 0 spiro atoms. The molecular formula is C36H46N4O3. The van der Waals surface area contributed by atoms with Crippen LogP contribution in [-0.4, -0.2) is 72.3 Å². The fourth-order valence-electron chi connectivity index (χ4n) is 5.83. The number of aromatic nitrogens is 1. The summed E-state index contributed by atoms with van der Waals surface area (Å²) in [6.45, 7) is 14.7. The third kappa shape index (κ3) is 8.62. The minimum absolute atomic E-state index is 0.0498. The van der Waals surface area contributed by atoms with Gasteiger partial charge in [-0.25, -0.2) is 0 Å². The Morgan fingerprint density at radius 2 is 1.58 bits per heavy atom. The summed E-state index contributed by atoms with van der Waals surface area (Å²) in [6.07, 6.45) is 4.11. The second-order valence-electron chi connectivity index (χ2n) is 11.8. The van der Waals surface area contributed by atoms with Crippen LogP contribution in [0, 0.1) is 6.92 Å². The first-order chi connectivity index (χ1) is 21.0. The van der Waals surface area contributed by atoms with E-state index in [1.807, 2.05) is 80.7 Å². The smallest absolute Gasteiger partial charge is 0.253 e. The number of nitrogens with one attached hydrogen (secondary N) is 1. The van der Waals surface area contributed by atoms with Crippen LogP contribution in [0.15, 0.2) is 79.0 Å². The molecule has 2 heterocycles. The standard InChI is InChI=1S/C36H46N4O3/c1-28(2)43-34-16-8-15-32-33(36(41)37-26-30-12-7-11-29(3)25-30)27-40(35(32)34)19-9-17-38-20-22-39(23-21-38)18-10-24-42-31-13-5-4-6-14-31/h4-8,11-16,25,27-28H,9-10,17-24,26H2,1-3H3,(H,37,41). The van der Waals surface area contributed by atoms with E-state index in [9.17, 15) is 4.79 Å². The molecule has 1 fully saturated rings. The molecule has 1 aliphatic rings. The highest BCUT2D eigenvalue weighted by molar-refractivity contribution is 6.08. The number of para-hydroxylation sites is 2. The van der Waals surface area contributed by atoms with Gasteiger partial charge in [0.15, 0.2) is 0 Å². The number of nitrogens with zero attached hydrogens (tertiary/aromatic N) is 3. The van der Waals surface area contributed by atoms with Gasteiger partial charge in [0.1, 0.15) is 11.5 Å². The van der Waals surface area contributed by atoms with Crippen molar-refractivity contribution >= 4 is 16.8 Å². The Kier molecular flexibility index (Phi) is 10.7. The molecule has 1 N–H and O–H groups in total. The van der Waals surface area contributed by atoms with Crippen LogP contribution in [0.5, 0.6) is 11.5 Å². The maximum atomic E-state index is 13.4. The van der Waals surface area contributed by atoms with Crippen molar-refractivity contribution in [3.63, 3.8) is 0 Å². The monoisotopic (exact) mass is 582 g/mol. The maximum absolute atomic E-state index is 13.4. The number of piperazine rings is 1. The first kappa shape index (κ1) is 30.6. The lowest BCUT2D eigenvalue weighted by Gasteiger charge is -2.34. The number of aryl methyl sites for hydroxylation is 2. The predicted octanol–water partition coefficient (Wildman–Crippen LogP) is 6.14. The number of rotatable bonds is 14. The minimum Gasteiger partial charge on any atom is -0.494 e. The molecule has 43 heavy (non-hydrogen) atoms. The SMILES string of the molecule is Cc1cccc(CNC(=O)c2cn(CCCN3CCN(CCCOc4ccccc4)CC3)c3c(OC(C)C)cccc23)c1. The Morgan fingerprint density at radius 1 is 0.860 bits per heavy atom. The van der Waals surface area contributed by atoms with Gasteiger partial charge in [0.05, 0.1) is 23.8 Å². The van der Waals surface area contributed by atoms with Crippen molar-refractivity contribution in [3.05, 3.63) is 95.7 Å². The third-order valence-electron chi connectivity index (χ3n) is 7.97. The van der Waals surface area contributed by atoms with E-state index in [0.29, 0.717) is 12.1 Å². The highest BCUT2D eigenvalue weighted by Gasteiger charge is 2.20. The molecule has 228 valence electrons. The summed E-state index contributed by atoms with van der Waals surface area (Å²) in [7, 11) is 0. The normalized spacial score (nSPS) is 14.3. The number of amides is 1. The largest absolute Gasteiger partial charge is 0.494 e. The van der Waals surface area contributed by atoms with E-state index in [-0.39, 0.29) is 12.0 Å². The second-order valence-corrected chi connectivity index (χ2v) is 11.8. The molecule has 1 aliphatic heterocycles. The van der Waals surface area contributed by atoms with Crippen LogP contribution in [0.25, 0.3) is 10.9 Å². The van der Waals surface area contributed by atoms with E-state index < -0.39 is 0 Å². The lowest BCUT2D eigenvalue weighted by atomic mass is 10.1. The van der Waals surface area contributed by atoms with E-state index >= 15 is 0 Å². The van der Waals surface area contributed by atoms with Gasteiger partial charge in [-0.3, -0.25) is 4.79 Å². The van der Waals surface area contributed by atoms with Crippen LogP contribution < -0.4 is 14.8 Å². The van der Waals surface area contributed by atoms with Gasteiger partial charge in [0.25, 0.3) is 5.91 Å². The van der Waals surface area contributed by atoms with Crippen molar-refractivity contribution in [2.75, 3.05) is 45.9 Å². The maximum Gasteiger partial charge on any atom is 0.253 e. The van der Waals surface area contributed by atoms with Crippen molar-refractivity contribution < 1.29 is 14.3 Å². The number of carbonyl (C=O) groups is 1. The number of hydrogen-bond acceptors (Lipinski definition) is 5. The van der Waals surface area contributed by atoms with Crippen molar-refractivity contribution in [2.24, 2.45) is 0 Å². The molecule has 0 aliphatic carbocycles. The van der Waals surface area contributed by atoms with E-state index in [2.05, 4.69) is 38.7 Å². The van der Waals surface area contributed by atoms with Gasteiger partial charge in [-0.05, 0) is 63.9 Å². The average Bonchev–Trinajstić information content (AvgIpc) is 3.39. The molecule has 7 nitrogen and oxygen atoms in total. The topological polar surface area (TPSA) is 59.0 Å². The average molecular weight is 583 g/mol. The van der Waals surface area contributed by atoms with E-state index in [0.717, 1.165) is 93.2 Å². The van der Waals surface area contributed by atoms with Crippen molar-refractivity contribution in [2.45, 2.75) is 52.8 Å². The molecular weight excluding hydrogens is 536 g/mol. The molecule has 0 saturated carbocycles. The molecule has 3 aromatic carbocycles. The summed E-state index contributed by atoms with van der Waals surface area (Å²) in [5.41, 5.74) is 3.98. The molecule has 0 unspecified atom stereocenters. The fourth-order valence-corrected chi connectivity index (χ4v) is 5.83. The zero-order valence-electron chi connectivity index (χ0n) is 25.9. The van der Waals surface area contributed by atoms with Gasteiger partial charge >= 0.3 is 0 Å². The summed E-state index contributed by atoms with van der Waals surface area (Å²) in [6, 6.07) is 24.3. The zero-order valence-corrected chi connectivity index (χ0v) is 25.9. The molecule has 1 aromatic heterocycles. The van der Waals surface area contributed by atoms with Gasteiger partial charge in [0, 0.05) is 57.4 Å². The van der Waals surface area contributed by atoms with E-state index in [1.165, 1.54) is 5.56 Å². The number of benzene rings is 3. The summed E-state index contributed by atoms with van der Waals surface area (Å²) in [4.78, 5) is 18.5. The molecule has 4 aromatic rings. The van der Waals surface area contributed by atoms with Gasteiger partial charge in [-0.1, -0.05) is 60.2 Å². The third-order valence-corrected chi connectivity index (χ3v) is 7.97. The van der Waals surface area contributed by atoms with Crippen LogP contribution in [0.3, 0.4) is 0 Å². The Hall–Kier alpha value is -3.81. The zero-order chi connectivity index (χ0) is 30.0. The van der Waals surface area contributed by atoms with Crippen molar-refractivity contribution in [3.8, 4) is 11.5 Å². The summed E-state index contributed by atoms with van der Waals surface area (Å²) < 4.78 is 14.3. The molecule has 0 atom stereocenters. The lowest BCUT2D eigenvalue weighted by molar-refractivity contribution is 0.0952. The lowest BCUT2D eigenvalue weighted by Crippen LogP contribution is -2.47. The minimum atomic E-state index is -0.0581. The van der Waals surface area contributed by atoms with Gasteiger partial charge in [0.2, 0.25) is 0 Å². The Balaban J connectivity index is 1.15. The van der Waals surface area contributed by atoms with Crippen LogP contribution >= 0.6 is 0 Å². The van der Waals surface area contributed by atoms with Crippen LogP contribution in [0.1, 0.15) is 48.2 Å². The second kappa shape index (κ2) is 15.1. The van der Waals surface area contributed by atoms with Crippen LogP contribution in [0.2, 0.25) is 0 Å². The predicted molar refractivity (Wildman–Crippen MR) is 174 cm³/mol. The Labute approximate surface area is 256 Å². The van der Waals surface area contributed by atoms with Crippen molar-refractivity contribution in [1.82, 2.24) is 19.7 Å². The summed E-state index contributed by atoms with van der Waals surface area (Å²) in [5.74, 6) is 1.72. The number of ether oxygens (including phenoxy) is 2. The van der Waals surface area contributed by atoms with Gasteiger partial charge < -0.3 is 29.2 Å². The van der Waals surface area contributed by atoms with Crippen molar-refractivity contribution in [1.29, 1.82) is 0 Å². The molecule has 5 rings (SSSR count). The van der Waals surface area contributed by atoms with Crippen LogP contribution in [-0.2, 0) is 13.1 Å². The first-order valence-electron chi connectivity index (χ1n) is 15.7. The van der Waals surface area contributed by atoms with E-state index in [4.69, 9.17) is 9.47 Å². The Morgan fingerprint density at radius 3 is 2.30 bits per heavy atom. The quantitative estimate of drug-likeness (QED) is 0.181.